The van der Waals surface area contributed by atoms with Gasteiger partial charge in [0.05, 0.1) is 17.6 Å². The molecule has 1 saturated carbocycles. The van der Waals surface area contributed by atoms with E-state index in [1.54, 1.807) is 23.5 Å². The van der Waals surface area contributed by atoms with Crippen LogP contribution < -0.4 is 10.5 Å². The molecule has 3 aliphatic rings. The topological polar surface area (TPSA) is 125 Å². The number of aromatic nitrogens is 1. The summed E-state index contributed by atoms with van der Waals surface area (Å²) in [4.78, 5) is 20.7. The van der Waals surface area contributed by atoms with Crippen LogP contribution in [0.1, 0.15) is 76.8 Å². The van der Waals surface area contributed by atoms with Crippen LogP contribution in [0.4, 0.5) is 0 Å². The first-order valence-corrected chi connectivity index (χ1v) is 15.5. The molecule has 0 spiro atoms. The van der Waals surface area contributed by atoms with Gasteiger partial charge in [-0.2, -0.15) is 0 Å². The van der Waals surface area contributed by atoms with Gasteiger partial charge in [-0.25, -0.2) is 4.98 Å². The second-order valence-electron chi connectivity index (χ2n) is 11.8. The lowest BCUT2D eigenvalue weighted by molar-refractivity contribution is 0.0618. The van der Waals surface area contributed by atoms with Crippen molar-refractivity contribution in [3.63, 3.8) is 0 Å². The smallest absolute Gasteiger partial charge is 0.254 e. The molecule has 6 rings (SSSR count). The van der Waals surface area contributed by atoms with Gasteiger partial charge in [0, 0.05) is 40.4 Å². The van der Waals surface area contributed by atoms with E-state index in [-0.39, 0.29) is 23.7 Å². The molecule has 3 heterocycles. The fraction of sp³-hybridized carbons (Fsp3) is 0.394. The summed E-state index contributed by atoms with van der Waals surface area (Å²) in [5, 5.41) is 20.9. The highest BCUT2D eigenvalue weighted by atomic mass is 32.1. The summed E-state index contributed by atoms with van der Waals surface area (Å²) in [6, 6.07) is 13.2. The Morgan fingerprint density at radius 3 is 2.71 bits per heavy atom. The Morgan fingerprint density at radius 1 is 1.21 bits per heavy atom. The molecule has 3 atom stereocenters. The first-order valence-electron chi connectivity index (χ1n) is 14.6. The molecule has 1 unspecified atom stereocenters. The minimum atomic E-state index is -0.782. The van der Waals surface area contributed by atoms with Gasteiger partial charge in [0.15, 0.2) is 0 Å². The SMILES string of the molecule is Cc1csc(C2(C)CCCN2C(=O)c2cc3c(c(C(=N)OC(=N)[C@]4(/C=C\c5ccccc5)CC[C@H]4N)c2)CCCO3)n1. The fourth-order valence-electron chi connectivity index (χ4n) is 6.31. The lowest BCUT2D eigenvalue weighted by Gasteiger charge is -2.44. The predicted molar refractivity (Wildman–Crippen MR) is 165 cm³/mol. The maximum Gasteiger partial charge on any atom is 0.254 e. The van der Waals surface area contributed by atoms with Crippen LogP contribution in [0, 0.1) is 23.2 Å². The Bertz CT molecular complexity index is 1570. The normalized spacial score (nSPS) is 25.0. The molecular formula is C33H37N5O3S. The average Bonchev–Trinajstić information content (AvgIpc) is 3.62. The third kappa shape index (κ3) is 4.94. The Labute approximate surface area is 250 Å². The summed E-state index contributed by atoms with van der Waals surface area (Å²) in [5.41, 5.74) is 8.91. The summed E-state index contributed by atoms with van der Waals surface area (Å²) in [5.74, 6) is 0.272. The second-order valence-corrected chi connectivity index (χ2v) is 12.6. The molecule has 218 valence electrons. The van der Waals surface area contributed by atoms with Crippen LogP contribution in [-0.2, 0) is 16.7 Å². The van der Waals surface area contributed by atoms with Crippen LogP contribution in [0.2, 0.25) is 0 Å². The summed E-state index contributed by atoms with van der Waals surface area (Å²) in [6.45, 7) is 5.24. The molecule has 0 bridgehead atoms. The number of rotatable bonds is 6. The number of carbonyl (C=O) groups excluding carboxylic acids is 1. The number of ether oxygens (including phenoxy) is 2. The van der Waals surface area contributed by atoms with Crippen molar-refractivity contribution in [3.05, 3.63) is 86.9 Å². The number of thiazole rings is 1. The molecule has 2 aliphatic heterocycles. The molecule has 1 aliphatic carbocycles. The third-order valence-electron chi connectivity index (χ3n) is 9.03. The zero-order valence-corrected chi connectivity index (χ0v) is 24.9. The van der Waals surface area contributed by atoms with Gasteiger partial charge in [-0.15, -0.1) is 11.3 Å². The standard InChI is InChI=1S/C33H37N5O3S/c1-21-20-42-31(37-21)32(2)13-7-16-38(32)29(39)23-18-25(24-10-6-17-40-26(24)19-23)28(35)41-30(36)33(15-12-27(33)34)14-11-22-8-4-3-5-9-22/h3-5,8-9,11,14,18-20,27,35-36H,6-7,10,12-13,15-17,34H2,1-2H3/b14-11-,35-28?,36-30?/t27-,32?,33-/m1/s1. The van der Waals surface area contributed by atoms with E-state index in [0.29, 0.717) is 42.9 Å². The Morgan fingerprint density at radius 2 is 2.02 bits per heavy atom. The van der Waals surface area contributed by atoms with Gasteiger partial charge in [-0.1, -0.05) is 42.5 Å². The number of amides is 1. The number of carbonyl (C=O) groups is 1. The number of benzene rings is 2. The van der Waals surface area contributed by atoms with Crippen molar-refractivity contribution >= 4 is 35.1 Å². The quantitative estimate of drug-likeness (QED) is 0.240. The van der Waals surface area contributed by atoms with Crippen LogP contribution in [0.3, 0.4) is 0 Å². The van der Waals surface area contributed by atoms with Gasteiger partial charge in [0.25, 0.3) is 5.91 Å². The first kappa shape index (κ1) is 28.3. The van der Waals surface area contributed by atoms with Crippen LogP contribution in [-0.4, -0.2) is 46.8 Å². The minimum Gasteiger partial charge on any atom is -0.493 e. The summed E-state index contributed by atoms with van der Waals surface area (Å²) in [6.07, 6.45) is 8.60. The van der Waals surface area contributed by atoms with E-state index in [4.69, 9.17) is 31.0 Å². The van der Waals surface area contributed by atoms with Gasteiger partial charge in [0.1, 0.15) is 10.8 Å². The van der Waals surface area contributed by atoms with Crippen molar-refractivity contribution in [3.8, 4) is 5.75 Å². The van der Waals surface area contributed by atoms with Gasteiger partial charge < -0.3 is 20.1 Å². The van der Waals surface area contributed by atoms with Gasteiger partial charge >= 0.3 is 0 Å². The molecule has 0 radical (unpaired) electrons. The molecule has 1 amide bonds. The van der Waals surface area contributed by atoms with Crippen molar-refractivity contribution in [2.75, 3.05) is 13.2 Å². The summed E-state index contributed by atoms with van der Waals surface area (Å²) < 4.78 is 12.0. The predicted octanol–water partition coefficient (Wildman–Crippen LogP) is 6.07. The Hall–Kier alpha value is -3.82. The van der Waals surface area contributed by atoms with Crippen LogP contribution >= 0.6 is 11.3 Å². The van der Waals surface area contributed by atoms with E-state index >= 15 is 0 Å². The highest BCUT2D eigenvalue weighted by Crippen LogP contribution is 2.44. The lowest BCUT2D eigenvalue weighted by Crippen LogP contribution is -2.55. The molecule has 42 heavy (non-hydrogen) atoms. The number of aryl methyl sites for hydroxylation is 1. The molecule has 1 aromatic heterocycles. The molecule has 3 aromatic rings. The third-order valence-corrected chi connectivity index (χ3v) is 10.2. The lowest BCUT2D eigenvalue weighted by atomic mass is 9.64. The van der Waals surface area contributed by atoms with E-state index in [9.17, 15) is 4.79 Å². The number of nitrogens with two attached hydrogens (primary N) is 1. The van der Waals surface area contributed by atoms with Crippen molar-refractivity contribution in [2.45, 2.75) is 64.0 Å². The van der Waals surface area contributed by atoms with Crippen molar-refractivity contribution in [1.29, 1.82) is 10.8 Å². The van der Waals surface area contributed by atoms with Crippen molar-refractivity contribution in [2.24, 2.45) is 11.1 Å². The highest BCUT2D eigenvalue weighted by molar-refractivity contribution is 7.09. The Balaban J connectivity index is 1.29. The number of likely N-dealkylation sites (tertiary alicyclic amines) is 1. The van der Waals surface area contributed by atoms with Gasteiger partial charge in [0.2, 0.25) is 11.8 Å². The van der Waals surface area contributed by atoms with Crippen molar-refractivity contribution in [1.82, 2.24) is 9.88 Å². The number of nitrogens with one attached hydrogen (secondary N) is 2. The summed E-state index contributed by atoms with van der Waals surface area (Å²) >= 11 is 1.59. The van der Waals surface area contributed by atoms with Gasteiger partial charge in [-0.05, 0) is 70.1 Å². The maximum atomic E-state index is 14.1. The number of nitrogens with zero attached hydrogens (tertiary/aromatic N) is 2. The second kappa shape index (κ2) is 11.1. The van der Waals surface area contributed by atoms with E-state index < -0.39 is 11.0 Å². The van der Waals surface area contributed by atoms with E-state index in [1.807, 2.05) is 59.7 Å². The maximum absolute atomic E-state index is 14.1. The number of hydrogen-bond acceptors (Lipinski definition) is 8. The number of fused-ring (bicyclic) bond motifs is 1. The molecule has 4 N–H and O–H groups in total. The van der Waals surface area contributed by atoms with Crippen LogP contribution in [0.15, 0.2) is 53.9 Å². The van der Waals surface area contributed by atoms with Crippen LogP contribution in [0.25, 0.3) is 6.08 Å². The first-order chi connectivity index (χ1) is 20.2. The fourth-order valence-corrected chi connectivity index (χ4v) is 7.30. The van der Waals surface area contributed by atoms with Crippen LogP contribution in [0.5, 0.6) is 5.75 Å². The molecule has 9 heteroatoms. The molecule has 1 saturated heterocycles. The monoisotopic (exact) mass is 583 g/mol. The van der Waals surface area contributed by atoms with E-state index in [1.165, 1.54) is 0 Å². The largest absolute Gasteiger partial charge is 0.493 e. The van der Waals surface area contributed by atoms with E-state index in [2.05, 4.69) is 6.92 Å². The minimum absolute atomic E-state index is 0.0492. The highest BCUT2D eigenvalue weighted by Gasteiger charge is 2.49. The zero-order valence-electron chi connectivity index (χ0n) is 24.1. The molecular weight excluding hydrogens is 546 g/mol. The van der Waals surface area contributed by atoms with Crippen molar-refractivity contribution < 1.29 is 14.3 Å². The Kier molecular flexibility index (Phi) is 7.49. The van der Waals surface area contributed by atoms with Gasteiger partial charge in [-0.3, -0.25) is 15.6 Å². The zero-order chi connectivity index (χ0) is 29.5. The number of hydrogen-bond donors (Lipinski definition) is 3. The average molecular weight is 584 g/mol. The molecule has 2 aromatic carbocycles. The summed E-state index contributed by atoms with van der Waals surface area (Å²) in [7, 11) is 0. The van der Waals surface area contributed by atoms with E-state index in [0.717, 1.165) is 47.5 Å². The molecule has 2 fully saturated rings. The molecule has 8 nitrogen and oxygen atoms in total.